The van der Waals surface area contributed by atoms with Gasteiger partial charge in [0, 0.05) is 17.3 Å². The Kier molecular flexibility index (Phi) is 3.84. The van der Waals surface area contributed by atoms with Gasteiger partial charge in [-0.1, -0.05) is 17.7 Å². The molecular formula is C16H18N2O2. The van der Waals surface area contributed by atoms with E-state index in [1.807, 2.05) is 32.9 Å². The van der Waals surface area contributed by atoms with Crippen LogP contribution in [0.15, 0.2) is 29.3 Å². The van der Waals surface area contributed by atoms with E-state index in [4.69, 9.17) is 0 Å². The summed E-state index contributed by atoms with van der Waals surface area (Å²) in [7, 11) is 0. The highest BCUT2D eigenvalue weighted by atomic mass is 16.1. The number of ketones is 1. The topological polar surface area (TPSA) is 52.0 Å². The van der Waals surface area contributed by atoms with Crippen molar-refractivity contribution in [2.24, 2.45) is 0 Å². The van der Waals surface area contributed by atoms with Crippen LogP contribution in [0.25, 0.3) is 0 Å². The van der Waals surface area contributed by atoms with Crippen LogP contribution in [-0.4, -0.2) is 15.3 Å². The molecule has 4 nitrogen and oxygen atoms in total. The molecule has 0 N–H and O–H groups in total. The lowest BCUT2D eigenvalue weighted by Crippen LogP contribution is -2.25. The molecule has 0 aliphatic carbocycles. The minimum absolute atomic E-state index is 0.0247. The van der Waals surface area contributed by atoms with Crippen LogP contribution in [0.3, 0.4) is 0 Å². The Bertz CT molecular complexity index is 706. The first-order valence-corrected chi connectivity index (χ1v) is 6.52. The molecule has 0 amide bonds. The summed E-state index contributed by atoms with van der Waals surface area (Å²) in [5, 5.41) is 0. The molecule has 0 saturated heterocycles. The second-order valence-electron chi connectivity index (χ2n) is 5.19. The second-order valence-corrected chi connectivity index (χ2v) is 5.19. The predicted octanol–water partition coefficient (Wildman–Crippen LogP) is 2.36. The summed E-state index contributed by atoms with van der Waals surface area (Å²) >= 11 is 0. The van der Waals surface area contributed by atoms with Gasteiger partial charge >= 0.3 is 0 Å². The van der Waals surface area contributed by atoms with E-state index in [9.17, 15) is 9.59 Å². The fourth-order valence-corrected chi connectivity index (χ4v) is 2.49. The molecule has 0 atom stereocenters. The molecule has 2 aromatic rings. The van der Waals surface area contributed by atoms with Crippen LogP contribution in [0.1, 0.15) is 32.7 Å². The van der Waals surface area contributed by atoms with Crippen molar-refractivity contribution in [3.05, 3.63) is 62.8 Å². The van der Waals surface area contributed by atoms with Gasteiger partial charge in [0.05, 0.1) is 12.9 Å². The Labute approximate surface area is 118 Å². The van der Waals surface area contributed by atoms with Crippen molar-refractivity contribution in [3.63, 3.8) is 0 Å². The number of hydrogen-bond donors (Lipinski definition) is 0. The number of aryl methyl sites for hydroxylation is 4. The number of Topliss-reactive ketones (excluding diaryl/α,β-unsaturated/α-hetero) is 1. The summed E-state index contributed by atoms with van der Waals surface area (Å²) in [5.41, 5.74) is 4.17. The smallest absolute Gasteiger partial charge is 0.253 e. The lowest BCUT2D eigenvalue weighted by atomic mass is 9.96. The number of rotatable bonds is 3. The average Bonchev–Trinajstić information content (AvgIpc) is 2.31. The Morgan fingerprint density at radius 3 is 2.25 bits per heavy atom. The first-order valence-electron chi connectivity index (χ1n) is 6.52. The summed E-state index contributed by atoms with van der Waals surface area (Å²) in [6.07, 6.45) is 1.43. The van der Waals surface area contributed by atoms with Gasteiger partial charge in [-0.05, 0) is 38.8 Å². The largest absolute Gasteiger partial charge is 0.292 e. The average molecular weight is 270 g/mol. The summed E-state index contributed by atoms with van der Waals surface area (Å²) in [6.45, 7) is 7.62. The molecule has 0 fully saturated rings. The Morgan fingerprint density at radius 1 is 1.10 bits per heavy atom. The molecule has 1 aromatic heterocycles. The molecule has 0 radical (unpaired) electrons. The number of aromatic nitrogens is 2. The van der Waals surface area contributed by atoms with Gasteiger partial charge in [-0.3, -0.25) is 14.2 Å². The van der Waals surface area contributed by atoms with Crippen molar-refractivity contribution in [3.8, 4) is 0 Å². The quantitative estimate of drug-likeness (QED) is 0.804. The lowest BCUT2D eigenvalue weighted by molar-refractivity contribution is 0.0969. The Hall–Kier alpha value is -2.23. The van der Waals surface area contributed by atoms with Gasteiger partial charge in [-0.25, -0.2) is 4.98 Å². The Balaban J connectivity index is 2.36. The van der Waals surface area contributed by atoms with Crippen LogP contribution in [0.4, 0.5) is 0 Å². The minimum atomic E-state index is -0.201. The lowest BCUT2D eigenvalue weighted by Gasteiger charge is -2.11. The van der Waals surface area contributed by atoms with Gasteiger partial charge in [0.25, 0.3) is 5.56 Å². The van der Waals surface area contributed by atoms with Crippen molar-refractivity contribution in [2.45, 2.75) is 34.2 Å². The SMILES string of the molecule is Cc1cc(C)c(C(=O)Cn2cnc(C)cc2=O)c(C)c1. The van der Waals surface area contributed by atoms with Crippen molar-refractivity contribution in [1.82, 2.24) is 9.55 Å². The molecule has 1 heterocycles. The molecule has 0 saturated carbocycles. The van der Waals surface area contributed by atoms with Gasteiger partial charge in [0.15, 0.2) is 5.78 Å². The highest BCUT2D eigenvalue weighted by molar-refractivity contribution is 5.98. The molecule has 4 heteroatoms. The van der Waals surface area contributed by atoms with E-state index < -0.39 is 0 Å². The van der Waals surface area contributed by atoms with Gasteiger partial charge in [0.1, 0.15) is 0 Å². The van der Waals surface area contributed by atoms with Crippen LogP contribution in [-0.2, 0) is 6.54 Å². The fraction of sp³-hybridized carbons (Fsp3) is 0.312. The maximum absolute atomic E-state index is 12.4. The van der Waals surface area contributed by atoms with E-state index in [-0.39, 0.29) is 17.9 Å². The summed E-state index contributed by atoms with van der Waals surface area (Å²) in [6, 6.07) is 5.40. The third-order valence-electron chi connectivity index (χ3n) is 3.29. The van der Waals surface area contributed by atoms with E-state index in [1.54, 1.807) is 6.92 Å². The van der Waals surface area contributed by atoms with Crippen LogP contribution in [0.2, 0.25) is 0 Å². The van der Waals surface area contributed by atoms with Gasteiger partial charge < -0.3 is 0 Å². The summed E-state index contributed by atoms with van der Waals surface area (Å²) < 4.78 is 1.34. The standard InChI is InChI=1S/C16H18N2O2/c1-10-5-11(2)16(12(3)6-10)14(19)8-18-9-17-13(4)7-15(18)20/h5-7,9H,8H2,1-4H3. The van der Waals surface area contributed by atoms with Crippen LogP contribution in [0, 0.1) is 27.7 Å². The minimum Gasteiger partial charge on any atom is -0.292 e. The normalized spacial score (nSPS) is 10.6. The molecule has 0 bridgehead atoms. The molecule has 0 unspecified atom stereocenters. The van der Waals surface area contributed by atoms with Crippen LogP contribution >= 0.6 is 0 Å². The maximum atomic E-state index is 12.4. The zero-order chi connectivity index (χ0) is 14.9. The van der Waals surface area contributed by atoms with Crippen LogP contribution in [0.5, 0.6) is 0 Å². The van der Waals surface area contributed by atoms with E-state index in [1.165, 1.54) is 17.0 Å². The number of carbonyl (C=O) groups excluding carboxylic acids is 1. The van der Waals surface area contributed by atoms with Gasteiger partial charge in [-0.15, -0.1) is 0 Å². The van der Waals surface area contributed by atoms with E-state index >= 15 is 0 Å². The number of nitrogens with zero attached hydrogens (tertiary/aromatic N) is 2. The Morgan fingerprint density at radius 2 is 1.70 bits per heavy atom. The molecule has 1 aromatic carbocycles. The molecule has 0 aliphatic rings. The van der Waals surface area contributed by atoms with Gasteiger partial charge in [0.2, 0.25) is 0 Å². The van der Waals surface area contributed by atoms with E-state index in [0.29, 0.717) is 11.3 Å². The first kappa shape index (κ1) is 14.2. The molecule has 0 aliphatic heterocycles. The molecule has 2 rings (SSSR count). The first-order chi connectivity index (χ1) is 9.38. The summed E-state index contributed by atoms with van der Waals surface area (Å²) in [5.74, 6) is -0.0623. The number of hydrogen-bond acceptors (Lipinski definition) is 3. The number of carbonyl (C=O) groups is 1. The molecule has 20 heavy (non-hydrogen) atoms. The van der Waals surface area contributed by atoms with Crippen molar-refractivity contribution in [1.29, 1.82) is 0 Å². The van der Waals surface area contributed by atoms with E-state index in [2.05, 4.69) is 4.98 Å². The molecule has 104 valence electrons. The highest BCUT2D eigenvalue weighted by Gasteiger charge is 2.14. The third-order valence-corrected chi connectivity index (χ3v) is 3.29. The zero-order valence-corrected chi connectivity index (χ0v) is 12.2. The fourth-order valence-electron chi connectivity index (χ4n) is 2.49. The zero-order valence-electron chi connectivity index (χ0n) is 12.2. The van der Waals surface area contributed by atoms with E-state index in [0.717, 1.165) is 16.7 Å². The van der Waals surface area contributed by atoms with Crippen molar-refractivity contribution in [2.75, 3.05) is 0 Å². The summed E-state index contributed by atoms with van der Waals surface area (Å²) in [4.78, 5) is 28.3. The van der Waals surface area contributed by atoms with Crippen molar-refractivity contribution < 1.29 is 4.79 Å². The third kappa shape index (κ3) is 2.85. The van der Waals surface area contributed by atoms with Crippen LogP contribution < -0.4 is 5.56 Å². The molecular weight excluding hydrogens is 252 g/mol. The van der Waals surface area contributed by atoms with Gasteiger partial charge in [-0.2, -0.15) is 0 Å². The van der Waals surface area contributed by atoms with Crippen molar-refractivity contribution >= 4 is 5.78 Å². The second kappa shape index (κ2) is 5.41. The monoisotopic (exact) mass is 270 g/mol. The molecule has 0 spiro atoms. The number of benzene rings is 1. The predicted molar refractivity (Wildman–Crippen MR) is 78.2 cm³/mol. The maximum Gasteiger partial charge on any atom is 0.253 e. The highest BCUT2D eigenvalue weighted by Crippen LogP contribution is 2.17.